The van der Waals surface area contributed by atoms with E-state index in [1.807, 2.05) is 36.1 Å². The van der Waals surface area contributed by atoms with Gasteiger partial charge in [-0.2, -0.15) is 0 Å². The van der Waals surface area contributed by atoms with E-state index in [0.29, 0.717) is 45.6 Å². The van der Waals surface area contributed by atoms with Crippen molar-refractivity contribution in [3.05, 3.63) is 49.6 Å². The number of hydrogen-bond donors (Lipinski definition) is 1. The van der Waals surface area contributed by atoms with Gasteiger partial charge >= 0.3 is 0 Å². The molecule has 8 nitrogen and oxygen atoms in total. The Hall–Kier alpha value is -2.78. The van der Waals surface area contributed by atoms with E-state index in [9.17, 15) is 19.5 Å². The van der Waals surface area contributed by atoms with E-state index in [1.165, 1.54) is 0 Å². The second-order valence-electron chi connectivity index (χ2n) is 12.0. The van der Waals surface area contributed by atoms with Gasteiger partial charge in [0.1, 0.15) is 11.8 Å². The molecule has 1 N–H and O–H groups in total. The number of carbonyl (C=O) groups excluding carboxylic acids is 3. The number of amides is 3. The van der Waals surface area contributed by atoms with E-state index in [0.717, 1.165) is 37.1 Å². The number of nitrogens with zero attached hydrogens (tertiary/aromatic N) is 3. The molecule has 43 heavy (non-hydrogen) atoms. The number of likely N-dealkylation sites (tertiary alicyclic amines) is 1. The van der Waals surface area contributed by atoms with Gasteiger partial charge in [-0.15, -0.1) is 24.9 Å². The first-order chi connectivity index (χ1) is 20.8. The van der Waals surface area contributed by atoms with Gasteiger partial charge in [-0.25, -0.2) is 0 Å². The van der Waals surface area contributed by atoms with Crippen LogP contribution in [0.3, 0.4) is 0 Å². The van der Waals surface area contributed by atoms with Crippen molar-refractivity contribution in [2.45, 2.75) is 75.3 Å². The highest BCUT2D eigenvalue weighted by Crippen LogP contribution is 2.69. The fraction of sp³-hybridized carbons (Fsp3) is 0.618. The van der Waals surface area contributed by atoms with E-state index in [1.54, 1.807) is 33.7 Å². The molecule has 3 aliphatic rings. The van der Waals surface area contributed by atoms with Gasteiger partial charge in [-0.3, -0.25) is 14.4 Å². The molecule has 9 heteroatoms. The maximum atomic E-state index is 14.5. The number of ether oxygens (including phenoxy) is 1. The van der Waals surface area contributed by atoms with Crippen LogP contribution in [0.2, 0.25) is 0 Å². The molecule has 6 atom stereocenters. The normalized spacial score (nSPS) is 27.2. The van der Waals surface area contributed by atoms with E-state index in [-0.39, 0.29) is 35.5 Å². The lowest BCUT2D eigenvalue weighted by Crippen LogP contribution is -2.57. The molecule has 0 aromatic heterocycles. The highest BCUT2D eigenvalue weighted by Gasteiger charge is 2.76. The Morgan fingerprint density at radius 2 is 1.81 bits per heavy atom. The third-order valence-electron chi connectivity index (χ3n) is 9.30. The molecule has 3 fully saturated rings. The summed E-state index contributed by atoms with van der Waals surface area (Å²) in [5, 5.41) is 9.44. The summed E-state index contributed by atoms with van der Waals surface area (Å²) in [6, 6.07) is 6.81. The number of fused-ring (bicyclic) bond motifs is 1. The molecule has 0 aliphatic carbocycles. The van der Waals surface area contributed by atoms with Crippen LogP contribution in [0, 0.1) is 17.8 Å². The van der Waals surface area contributed by atoms with Gasteiger partial charge in [0, 0.05) is 43.7 Å². The first kappa shape index (κ1) is 33.1. The molecule has 1 spiro atoms. The quantitative estimate of drug-likeness (QED) is 0.199. The first-order valence-corrected chi connectivity index (χ1v) is 16.8. The SMILES string of the molecule is C=CCN(CCCCC)C(=O)C1N(CCCCO)C(=O)[C@@H]2[C@H](C(=O)N(CC=C)c3ccc(OCC)cc3)[C@@H]3CC(C)C12S3. The number of aliphatic hydroxyl groups excluding tert-OH is 1. The average molecular weight is 612 g/mol. The number of thioether (sulfide) groups is 1. The van der Waals surface area contributed by atoms with Crippen LogP contribution in [0.15, 0.2) is 49.6 Å². The predicted octanol–water partition coefficient (Wildman–Crippen LogP) is 4.92. The second-order valence-corrected chi connectivity index (χ2v) is 13.5. The molecule has 2 bridgehead atoms. The van der Waals surface area contributed by atoms with Crippen LogP contribution in [0.4, 0.5) is 5.69 Å². The Morgan fingerprint density at radius 1 is 1.09 bits per heavy atom. The smallest absolute Gasteiger partial charge is 0.247 e. The summed E-state index contributed by atoms with van der Waals surface area (Å²) in [4.78, 5) is 48.8. The fourth-order valence-electron chi connectivity index (χ4n) is 7.41. The number of unbranched alkanes of at least 4 members (excludes halogenated alkanes) is 3. The fourth-order valence-corrected chi connectivity index (χ4v) is 9.82. The molecule has 1 aromatic carbocycles. The summed E-state index contributed by atoms with van der Waals surface area (Å²) in [7, 11) is 0. The van der Waals surface area contributed by atoms with Gasteiger partial charge in [0.2, 0.25) is 17.7 Å². The van der Waals surface area contributed by atoms with Crippen molar-refractivity contribution in [2.24, 2.45) is 17.8 Å². The van der Waals surface area contributed by atoms with Crippen LogP contribution in [-0.4, -0.2) is 88.1 Å². The highest BCUT2D eigenvalue weighted by atomic mass is 32.2. The number of anilines is 1. The molecule has 3 amide bonds. The van der Waals surface area contributed by atoms with Crippen molar-refractivity contribution >= 4 is 35.2 Å². The molecule has 4 rings (SSSR count). The van der Waals surface area contributed by atoms with Gasteiger partial charge in [0.15, 0.2) is 0 Å². The predicted molar refractivity (Wildman–Crippen MR) is 173 cm³/mol. The molecular formula is C34H49N3O5S. The molecule has 3 heterocycles. The molecule has 1 aromatic rings. The zero-order valence-electron chi connectivity index (χ0n) is 26.1. The highest BCUT2D eigenvalue weighted by molar-refractivity contribution is 8.02. The zero-order valence-corrected chi connectivity index (χ0v) is 26.9. The summed E-state index contributed by atoms with van der Waals surface area (Å²) in [6.45, 7) is 16.3. The minimum absolute atomic E-state index is 0.0295. The first-order valence-electron chi connectivity index (χ1n) is 15.9. The van der Waals surface area contributed by atoms with Crippen LogP contribution in [0.1, 0.15) is 59.3 Å². The van der Waals surface area contributed by atoms with Gasteiger partial charge in [0.05, 0.1) is 23.2 Å². The van der Waals surface area contributed by atoms with Crippen LogP contribution in [0.25, 0.3) is 0 Å². The topological polar surface area (TPSA) is 90.4 Å². The Kier molecular flexibility index (Phi) is 11.4. The molecular weight excluding hydrogens is 562 g/mol. The van der Waals surface area contributed by atoms with Crippen molar-refractivity contribution in [2.75, 3.05) is 44.3 Å². The standard InChI is InChI=1S/C34H49N3O5S/c1-6-10-11-20-35(18-7-2)33(41)30-34-24(5)23-27(43-34)28(29(34)32(40)37(30)21-12-13-22-38)31(39)36(19-8-3)25-14-16-26(17-15-25)42-9-4/h7-8,14-17,24,27-30,38H,2-3,6,9-13,18-23H2,1,4-5H3/t24?,27-,28+,29-,30?,34?/m0/s1. The van der Waals surface area contributed by atoms with Crippen molar-refractivity contribution in [3.63, 3.8) is 0 Å². The summed E-state index contributed by atoms with van der Waals surface area (Å²) in [6.07, 6.45) is 8.35. The number of benzene rings is 1. The Morgan fingerprint density at radius 3 is 2.44 bits per heavy atom. The maximum Gasteiger partial charge on any atom is 0.247 e. The Bertz CT molecular complexity index is 1160. The van der Waals surface area contributed by atoms with Crippen LogP contribution in [-0.2, 0) is 14.4 Å². The van der Waals surface area contributed by atoms with Gasteiger partial charge < -0.3 is 24.5 Å². The largest absolute Gasteiger partial charge is 0.494 e. The summed E-state index contributed by atoms with van der Waals surface area (Å²) >= 11 is 1.70. The lowest BCUT2D eigenvalue weighted by Gasteiger charge is -2.41. The molecule has 3 aliphatic heterocycles. The van der Waals surface area contributed by atoms with Crippen molar-refractivity contribution in [1.82, 2.24) is 9.80 Å². The third kappa shape index (κ3) is 6.25. The number of hydrogen-bond acceptors (Lipinski definition) is 6. The lowest BCUT2D eigenvalue weighted by atomic mass is 9.65. The van der Waals surface area contributed by atoms with Crippen molar-refractivity contribution in [3.8, 4) is 5.75 Å². The minimum Gasteiger partial charge on any atom is -0.494 e. The maximum absolute atomic E-state index is 14.5. The average Bonchev–Trinajstić information content (AvgIpc) is 3.59. The van der Waals surface area contributed by atoms with E-state index in [2.05, 4.69) is 27.0 Å². The Labute approximate surface area is 261 Å². The van der Waals surface area contributed by atoms with E-state index in [4.69, 9.17) is 4.74 Å². The summed E-state index contributed by atoms with van der Waals surface area (Å²) in [5.74, 6) is -0.537. The summed E-state index contributed by atoms with van der Waals surface area (Å²) in [5.41, 5.74) is 0.731. The second kappa shape index (κ2) is 14.8. The molecule has 3 unspecified atom stereocenters. The molecule has 236 valence electrons. The molecule has 3 saturated heterocycles. The van der Waals surface area contributed by atoms with Crippen molar-refractivity contribution < 1.29 is 24.2 Å². The molecule has 0 saturated carbocycles. The van der Waals surface area contributed by atoms with Crippen LogP contribution >= 0.6 is 11.8 Å². The van der Waals surface area contributed by atoms with Gasteiger partial charge in [-0.05, 0) is 62.8 Å². The van der Waals surface area contributed by atoms with Gasteiger partial charge in [-0.1, -0.05) is 38.8 Å². The lowest BCUT2D eigenvalue weighted by molar-refractivity contribution is -0.142. The zero-order chi connectivity index (χ0) is 31.1. The van der Waals surface area contributed by atoms with Gasteiger partial charge in [0.25, 0.3) is 0 Å². The number of carbonyl (C=O) groups is 3. The Balaban J connectivity index is 1.72. The van der Waals surface area contributed by atoms with Crippen molar-refractivity contribution in [1.29, 1.82) is 0 Å². The monoisotopic (exact) mass is 611 g/mol. The third-order valence-corrected chi connectivity index (χ3v) is 11.4. The summed E-state index contributed by atoms with van der Waals surface area (Å²) < 4.78 is 4.92. The van der Waals surface area contributed by atoms with E-state index < -0.39 is 22.6 Å². The van der Waals surface area contributed by atoms with Crippen LogP contribution < -0.4 is 9.64 Å². The number of rotatable bonds is 17. The van der Waals surface area contributed by atoms with E-state index >= 15 is 0 Å². The van der Waals surface area contributed by atoms with Crippen LogP contribution in [0.5, 0.6) is 5.75 Å². The minimum atomic E-state index is -0.679. The number of aliphatic hydroxyl groups is 1. The molecule has 0 radical (unpaired) electrons.